The molecular formula is C7H14N4S2. The van der Waals surface area contributed by atoms with Gasteiger partial charge in [0.2, 0.25) is 5.13 Å². The van der Waals surface area contributed by atoms with Gasteiger partial charge in [-0.15, -0.1) is 10.2 Å². The molecule has 0 radical (unpaired) electrons. The van der Waals surface area contributed by atoms with Crippen LogP contribution in [0.5, 0.6) is 0 Å². The summed E-state index contributed by atoms with van der Waals surface area (Å²) in [5, 5.41) is 8.22. The molecule has 0 atom stereocenters. The zero-order valence-corrected chi connectivity index (χ0v) is 9.49. The normalized spacial score (nSPS) is 11.0. The fourth-order valence-corrected chi connectivity index (χ4v) is 2.45. The Bertz CT molecular complexity index is 248. The number of nitrogens with two attached hydrogens (primary N) is 1. The fraction of sp³-hybridized carbons (Fsp3) is 0.714. The topological polar surface area (TPSA) is 55.0 Å². The zero-order valence-electron chi connectivity index (χ0n) is 7.86. The van der Waals surface area contributed by atoms with Crippen molar-refractivity contribution in [3.63, 3.8) is 0 Å². The average Bonchev–Trinajstić information content (AvgIpc) is 2.45. The number of thioether (sulfide) groups is 1. The summed E-state index contributed by atoms with van der Waals surface area (Å²) in [5.41, 5.74) is 5.45. The van der Waals surface area contributed by atoms with Crippen molar-refractivity contribution in [2.24, 2.45) is 0 Å². The monoisotopic (exact) mass is 218 g/mol. The van der Waals surface area contributed by atoms with E-state index in [9.17, 15) is 0 Å². The second-order valence-corrected chi connectivity index (χ2v) is 5.26. The van der Waals surface area contributed by atoms with Gasteiger partial charge in [-0.25, -0.2) is 0 Å². The lowest BCUT2D eigenvalue weighted by Gasteiger charge is -2.07. The van der Waals surface area contributed by atoms with Crippen LogP contribution in [0.1, 0.15) is 6.42 Å². The molecule has 0 spiro atoms. The molecule has 0 unspecified atom stereocenters. The van der Waals surface area contributed by atoms with E-state index in [2.05, 4.69) is 29.2 Å². The van der Waals surface area contributed by atoms with Crippen molar-refractivity contribution in [3.05, 3.63) is 0 Å². The number of aromatic nitrogens is 2. The Morgan fingerprint density at radius 2 is 2.23 bits per heavy atom. The molecule has 0 fully saturated rings. The maximum atomic E-state index is 5.45. The summed E-state index contributed by atoms with van der Waals surface area (Å²) in [4.78, 5) is 2.18. The quantitative estimate of drug-likeness (QED) is 0.594. The van der Waals surface area contributed by atoms with Crippen molar-refractivity contribution in [1.82, 2.24) is 15.1 Å². The Labute approximate surface area is 86.5 Å². The molecule has 0 aliphatic carbocycles. The molecule has 0 saturated heterocycles. The summed E-state index contributed by atoms with van der Waals surface area (Å²) in [6.07, 6.45) is 1.16. The standard InChI is InChI=1S/C7H14N4S2/c1-11(2)4-3-5-12-7-10-9-6(8)13-7/h3-5H2,1-2H3,(H2,8,9). The molecule has 1 heterocycles. The summed E-state index contributed by atoms with van der Waals surface area (Å²) in [6, 6.07) is 0. The van der Waals surface area contributed by atoms with Gasteiger partial charge >= 0.3 is 0 Å². The van der Waals surface area contributed by atoms with E-state index in [0.717, 1.165) is 23.1 Å². The van der Waals surface area contributed by atoms with E-state index in [-0.39, 0.29) is 0 Å². The molecule has 0 amide bonds. The van der Waals surface area contributed by atoms with Gasteiger partial charge in [-0.1, -0.05) is 23.1 Å². The third-order valence-corrected chi connectivity index (χ3v) is 3.37. The van der Waals surface area contributed by atoms with Gasteiger partial charge in [0.25, 0.3) is 0 Å². The molecule has 74 valence electrons. The highest BCUT2D eigenvalue weighted by Gasteiger charge is 2.00. The van der Waals surface area contributed by atoms with Crippen molar-refractivity contribution in [2.45, 2.75) is 10.8 Å². The first kappa shape index (κ1) is 10.7. The van der Waals surface area contributed by atoms with Crippen molar-refractivity contribution in [1.29, 1.82) is 0 Å². The second kappa shape index (κ2) is 5.41. The van der Waals surface area contributed by atoms with Gasteiger partial charge in [0.1, 0.15) is 0 Å². The van der Waals surface area contributed by atoms with Gasteiger partial charge in [0.15, 0.2) is 4.34 Å². The molecule has 6 heteroatoms. The van der Waals surface area contributed by atoms with Crippen LogP contribution < -0.4 is 5.73 Å². The van der Waals surface area contributed by atoms with Crippen LogP contribution in [0.25, 0.3) is 0 Å². The highest BCUT2D eigenvalue weighted by Crippen LogP contribution is 2.23. The van der Waals surface area contributed by atoms with Crippen LogP contribution in [0.15, 0.2) is 4.34 Å². The predicted octanol–water partition coefficient (Wildman–Crippen LogP) is 1.16. The van der Waals surface area contributed by atoms with E-state index in [1.54, 1.807) is 11.8 Å². The number of nitrogen functional groups attached to an aromatic ring is 1. The number of anilines is 1. The number of hydrogen-bond donors (Lipinski definition) is 1. The number of nitrogens with zero attached hydrogens (tertiary/aromatic N) is 3. The van der Waals surface area contributed by atoms with Crippen LogP contribution in [0.2, 0.25) is 0 Å². The molecule has 4 nitrogen and oxygen atoms in total. The third kappa shape index (κ3) is 4.44. The van der Waals surface area contributed by atoms with Crippen molar-refractivity contribution >= 4 is 28.2 Å². The van der Waals surface area contributed by atoms with Crippen LogP contribution in [-0.4, -0.2) is 41.5 Å². The van der Waals surface area contributed by atoms with Crippen LogP contribution in [0.4, 0.5) is 5.13 Å². The first-order chi connectivity index (χ1) is 6.18. The van der Waals surface area contributed by atoms with Crippen LogP contribution in [-0.2, 0) is 0 Å². The molecule has 0 aliphatic heterocycles. The van der Waals surface area contributed by atoms with Crippen molar-refractivity contribution in [3.8, 4) is 0 Å². The molecule has 0 bridgehead atoms. The lowest BCUT2D eigenvalue weighted by Crippen LogP contribution is -2.13. The summed E-state index contributed by atoms with van der Waals surface area (Å²) >= 11 is 3.17. The summed E-state index contributed by atoms with van der Waals surface area (Å²) < 4.78 is 0.969. The molecule has 0 aromatic carbocycles. The summed E-state index contributed by atoms with van der Waals surface area (Å²) in [6.45, 7) is 1.11. The average molecular weight is 218 g/mol. The maximum absolute atomic E-state index is 5.45. The van der Waals surface area contributed by atoms with Gasteiger partial charge in [0, 0.05) is 5.75 Å². The number of hydrogen-bond acceptors (Lipinski definition) is 6. The van der Waals surface area contributed by atoms with E-state index in [1.165, 1.54) is 11.3 Å². The third-order valence-electron chi connectivity index (χ3n) is 1.40. The van der Waals surface area contributed by atoms with Gasteiger partial charge < -0.3 is 10.6 Å². The highest BCUT2D eigenvalue weighted by molar-refractivity contribution is 8.01. The van der Waals surface area contributed by atoms with Crippen molar-refractivity contribution < 1.29 is 0 Å². The summed E-state index contributed by atoms with van der Waals surface area (Å²) in [5.74, 6) is 1.08. The van der Waals surface area contributed by atoms with Crippen LogP contribution in [0.3, 0.4) is 0 Å². The molecule has 0 saturated carbocycles. The fourth-order valence-electron chi connectivity index (χ4n) is 0.819. The maximum Gasteiger partial charge on any atom is 0.203 e. The van der Waals surface area contributed by atoms with E-state index < -0.39 is 0 Å². The van der Waals surface area contributed by atoms with E-state index >= 15 is 0 Å². The molecule has 0 aliphatic rings. The smallest absolute Gasteiger partial charge is 0.203 e. The molecule has 2 N–H and O–H groups in total. The van der Waals surface area contributed by atoms with Gasteiger partial charge in [0.05, 0.1) is 0 Å². The van der Waals surface area contributed by atoms with E-state index in [1.807, 2.05) is 0 Å². The Hall–Kier alpha value is -0.330. The van der Waals surface area contributed by atoms with Gasteiger partial charge in [-0.2, -0.15) is 0 Å². The Kier molecular flexibility index (Phi) is 4.47. The predicted molar refractivity (Wildman–Crippen MR) is 58.2 cm³/mol. The highest BCUT2D eigenvalue weighted by atomic mass is 32.2. The van der Waals surface area contributed by atoms with Gasteiger partial charge in [-0.3, -0.25) is 0 Å². The van der Waals surface area contributed by atoms with E-state index in [4.69, 9.17) is 5.73 Å². The molecule has 1 aromatic rings. The minimum Gasteiger partial charge on any atom is -0.374 e. The van der Waals surface area contributed by atoms with Crippen LogP contribution in [0, 0.1) is 0 Å². The van der Waals surface area contributed by atoms with Gasteiger partial charge in [-0.05, 0) is 27.1 Å². The Morgan fingerprint density at radius 3 is 2.77 bits per heavy atom. The lowest BCUT2D eigenvalue weighted by molar-refractivity contribution is 0.410. The Morgan fingerprint density at radius 1 is 1.46 bits per heavy atom. The first-order valence-corrected chi connectivity index (χ1v) is 5.85. The largest absolute Gasteiger partial charge is 0.374 e. The van der Waals surface area contributed by atoms with E-state index in [0.29, 0.717) is 5.13 Å². The second-order valence-electron chi connectivity index (χ2n) is 2.91. The molecule has 1 aromatic heterocycles. The molecular weight excluding hydrogens is 204 g/mol. The summed E-state index contributed by atoms with van der Waals surface area (Å²) in [7, 11) is 4.15. The minimum atomic E-state index is 0.551. The lowest BCUT2D eigenvalue weighted by atomic mass is 10.5. The number of rotatable bonds is 5. The molecule has 1 rings (SSSR count). The SMILES string of the molecule is CN(C)CCCSc1nnc(N)s1. The Balaban J connectivity index is 2.13. The van der Waals surface area contributed by atoms with Crippen LogP contribution >= 0.6 is 23.1 Å². The molecule has 13 heavy (non-hydrogen) atoms. The first-order valence-electron chi connectivity index (χ1n) is 4.05. The minimum absolute atomic E-state index is 0.551. The van der Waals surface area contributed by atoms with Crippen molar-refractivity contribution in [2.75, 3.05) is 32.1 Å². The zero-order chi connectivity index (χ0) is 9.68.